The number of rotatable bonds is 4. The van der Waals surface area contributed by atoms with Crippen LogP contribution in [0.25, 0.3) is 16.9 Å². The molecule has 128 valence electrons. The number of nitrogen functional groups attached to an aromatic ring is 1. The summed E-state index contributed by atoms with van der Waals surface area (Å²) in [6.45, 7) is 0. The van der Waals surface area contributed by atoms with Crippen LogP contribution in [0.5, 0.6) is 0 Å². The van der Waals surface area contributed by atoms with Gasteiger partial charge in [-0.3, -0.25) is 0 Å². The van der Waals surface area contributed by atoms with Crippen molar-refractivity contribution >= 4 is 17.2 Å². The number of para-hydroxylation sites is 3. The lowest BCUT2D eigenvalue weighted by Crippen LogP contribution is -2.15. The first-order valence-electron chi connectivity index (χ1n) is 8.53. The summed E-state index contributed by atoms with van der Waals surface area (Å²) in [6.07, 6.45) is 0. The van der Waals surface area contributed by atoms with Crippen LogP contribution in [-0.4, -0.2) is 16.8 Å². The molecule has 0 radical (unpaired) electrons. The van der Waals surface area contributed by atoms with Crippen LogP contribution in [-0.2, 0) is 0 Å². The Morgan fingerprint density at radius 2 is 1.42 bits per heavy atom. The van der Waals surface area contributed by atoms with Crippen LogP contribution in [0.4, 0.5) is 17.2 Å². The maximum Gasteiger partial charge on any atom is 0.137 e. The first-order valence-corrected chi connectivity index (χ1v) is 8.53. The van der Waals surface area contributed by atoms with Crippen LogP contribution in [0.3, 0.4) is 0 Å². The van der Waals surface area contributed by atoms with Crippen LogP contribution < -0.4 is 10.6 Å². The Hall–Kier alpha value is -3.53. The minimum Gasteiger partial charge on any atom is -0.397 e. The van der Waals surface area contributed by atoms with E-state index in [4.69, 9.17) is 10.8 Å². The topological polar surface area (TPSA) is 47.1 Å². The van der Waals surface area contributed by atoms with E-state index in [1.165, 1.54) is 0 Å². The molecule has 4 heteroatoms. The molecule has 0 saturated carbocycles. The molecule has 4 nitrogen and oxygen atoms in total. The van der Waals surface area contributed by atoms with Gasteiger partial charge in [0.25, 0.3) is 0 Å². The van der Waals surface area contributed by atoms with Gasteiger partial charge in [0, 0.05) is 18.7 Å². The third kappa shape index (κ3) is 2.93. The van der Waals surface area contributed by atoms with Crippen LogP contribution >= 0.6 is 0 Å². The van der Waals surface area contributed by atoms with Gasteiger partial charge in [-0.05, 0) is 24.3 Å². The van der Waals surface area contributed by atoms with Gasteiger partial charge >= 0.3 is 0 Å². The summed E-state index contributed by atoms with van der Waals surface area (Å²) in [5.41, 5.74) is 10.9. The Balaban J connectivity index is 1.87. The molecule has 0 aliphatic heterocycles. The Morgan fingerprint density at radius 3 is 2.12 bits per heavy atom. The zero-order valence-corrected chi connectivity index (χ0v) is 14.6. The zero-order valence-electron chi connectivity index (χ0n) is 14.6. The average molecular weight is 340 g/mol. The number of nitrogens with zero attached hydrogens (tertiary/aromatic N) is 3. The van der Waals surface area contributed by atoms with E-state index in [1.807, 2.05) is 84.5 Å². The maximum absolute atomic E-state index is 6.19. The van der Waals surface area contributed by atoms with Crippen LogP contribution in [0.1, 0.15) is 0 Å². The van der Waals surface area contributed by atoms with E-state index in [1.54, 1.807) is 0 Å². The summed E-state index contributed by atoms with van der Waals surface area (Å²) in [4.78, 5) is 2.07. The van der Waals surface area contributed by atoms with Crippen LogP contribution in [0.2, 0.25) is 0 Å². The molecule has 2 N–H and O–H groups in total. The van der Waals surface area contributed by atoms with Crippen LogP contribution in [0, 0.1) is 0 Å². The minimum absolute atomic E-state index is 0.733. The van der Waals surface area contributed by atoms with Crippen molar-refractivity contribution in [1.82, 2.24) is 9.78 Å². The summed E-state index contributed by atoms with van der Waals surface area (Å²) in [6, 6.07) is 30.3. The monoisotopic (exact) mass is 340 g/mol. The molecule has 0 aliphatic carbocycles. The summed E-state index contributed by atoms with van der Waals surface area (Å²) < 4.78 is 1.95. The first-order chi connectivity index (χ1) is 12.7. The molecular weight excluding hydrogens is 320 g/mol. The third-order valence-corrected chi connectivity index (χ3v) is 4.40. The molecule has 4 rings (SSSR count). The fourth-order valence-corrected chi connectivity index (χ4v) is 3.04. The highest BCUT2D eigenvalue weighted by atomic mass is 15.4. The van der Waals surface area contributed by atoms with Crippen LogP contribution in [0.15, 0.2) is 91.0 Å². The van der Waals surface area contributed by atoms with E-state index in [-0.39, 0.29) is 0 Å². The van der Waals surface area contributed by atoms with Gasteiger partial charge in [-0.15, -0.1) is 0 Å². The minimum atomic E-state index is 0.733. The Morgan fingerprint density at radius 1 is 0.808 bits per heavy atom. The van der Waals surface area contributed by atoms with E-state index in [0.29, 0.717) is 0 Å². The molecule has 0 atom stereocenters. The molecule has 0 unspecified atom stereocenters. The number of nitrogens with two attached hydrogens (primary N) is 1. The largest absolute Gasteiger partial charge is 0.397 e. The molecule has 0 spiro atoms. The Kier molecular flexibility index (Phi) is 4.15. The Labute approximate surface area is 153 Å². The van der Waals surface area contributed by atoms with Crippen molar-refractivity contribution in [1.29, 1.82) is 0 Å². The van der Waals surface area contributed by atoms with Crippen molar-refractivity contribution < 1.29 is 0 Å². The second-order valence-electron chi connectivity index (χ2n) is 6.12. The molecule has 1 heterocycles. The molecule has 0 aliphatic rings. The molecule has 0 bridgehead atoms. The third-order valence-electron chi connectivity index (χ3n) is 4.40. The van der Waals surface area contributed by atoms with Crippen molar-refractivity contribution in [2.75, 3.05) is 17.7 Å². The molecule has 0 fully saturated rings. The molecule has 3 aromatic carbocycles. The normalized spacial score (nSPS) is 10.7. The van der Waals surface area contributed by atoms with Gasteiger partial charge in [0.2, 0.25) is 0 Å². The summed E-state index contributed by atoms with van der Waals surface area (Å²) >= 11 is 0. The van der Waals surface area contributed by atoms with E-state index >= 15 is 0 Å². The highest BCUT2D eigenvalue weighted by Crippen LogP contribution is 2.33. The van der Waals surface area contributed by atoms with Gasteiger partial charge in [-0.2, -0.15) is 5.10 Å². The van der Waals surface area contributed by atoms with Crippen molar-refractivity contribution in [2.45, 2.75) is 0 Å². The number of aromatic nitrogens is 2. The second kappa shape index (κ2) is 6.76. The van der Waals surface area contributed by atoms with Crippen molar-refractivity contribution in [3.63, 3.8) is 0 Å². The highest BCUT2D eigenvalue weighted by Gasteiger charge is 2.17. The van der Waals surface area contributed by atoms with E-state index < -0.39 is 0 Å². The lowest BCUT2D eigenvalue weighted by atomic mass is 10.1. The van der Waals surface area contributed by atoms with Gasteiger partial charge in [-0.25, -0.2) is 4.68 Å². The number of hydrogen-bond acceptors (Lipinski definition) is 3. The second-order valence-corrected chi connectivity index (χ2v) is 6.12. The standard InChI is InChI=1S/C22H20N4/c1-25(21-15-9-8-14-19(21)23)22-16-20(17-10-4-2-5-11-17)24-26(22)18-12-6-3-7-13-18/h2-16H,23H2,1H3. The van der Waals surface area contributed by atoms with Gasteiger partial charge < -0.3 is 10.6 Å². The van der Waals surface area contributed by atoms with Crippen molar-refractivity contribution in [3.8, 4) is 16.9 Å². The van der Waals surface area contributed by atoms with Crippen molar-refractivity contribution in [2.24, 2.45) is 0 Å². The molecule has 1 aromatic heterocycles. The molecule has 26 heavy (non-hydrogen) atoms. The zero-order chi connectivity index (χ0) is 17.9. The molecule has 0 amide bonds. The number of benzene rings is 3. The predicted molar refractivity (Wildman–Crippen MR) is 108 cm³/mol. The van der Waals surface area contributed by atoms with Crippen molar-refractivity contribution in [3.05, 3.63) is 91.0 Å². The number of anilines is 3. The quantitative estimate of drug-likeness (QED) is 0.538. The molecule has 4 aromatic rings. The maximum atomic E-state index is 6.19. The molecular formula is C22H20N4. The summed E-state index contributed by atoms with van der Waals surface area (Å²) in [5.74, 6) is 0.952. The predicted octanol–water partition coefficient (Wildman–Crippen LogP) is 4.89. The average Bonchev–Trinajstić information content (AvgIpc) is 3.15. The fourth-order valence-electron chi connectivity index (χ4n) is 3.04. The number of hydrogen-bond donors (Lipinski definition) is 1. The first kappa shape index (κ1) is 16.0. The van der Waals surface area contributed by atoms with E-state index in [2.05, 4.69) is 23.1 Å². The molecule has 0 saturated heterocycles. The van der Waals surface area contributed by atoms with Gasteiger partial charge in [0.1, 0.15) is 5.82 Å². The van der Waals surface area contributed by atoms with Gasteiger partial charge in [0.15, 0.2) is 0 Å². The summed E-state index contributed by atoms with van der Waals surface area (Å²) in [5, 5.41) is 4.86. The summed E-state index contributed by atoms with van der Waals surface area (Å²) in [7, 11) is 2.01. The lowest BCUT2D eigenvalue weighted by molar-refractivity contribution is 0.868. The lowest BCUT2D eigenvalue weighted by Gasteiger charge is -2.21. The fraction of sp³-hybridized carbons (Fsp3) is 0.0455. The SMILES string of the molecule is CN(c1ccccc1N)c1cc(-c2ccccc2)nn1-c1ccccc1. The highest BCUT2D eigenvalue weighted by molar-refractivity contribution is 5.76. The van der Waals surface area contributed by atoms with E-state index in [9.17, 15) is 0 Å². The van der Waals surface area contributed by atoms with Gasteiger partial charge in [-0.1, -0.05) is 60.7 Å². The smallest absolute Gasteiger partial charge is 0.137 e. The van der Waals surface area contributed by atoms with E-state index in [0.717, 1.165) is 34.1 Å². The van der Waals surface area contributed by atoms with Gasteiger partial charge in [0.05, 0.1) is 22.8 Å². The Bertz CT molecular complexity index is 1010.